The van der Waals surface area contributed by atoms with Crippen LogP contribution < -0.4 is 0 Å². The highest BCUT2D eigenvalue weighted by molar-refractivity contribution is 5.85. The lowest BCUT2D eigenvalue weighted by Crippen LogP contribution is -2.14. The Morgan fingerprint density at radius 3 is 2.26 bits per heavy atom. The van der Waals surface area contributed by atoms with Gasteiger partial charge >= 0.3 is 5.97 Å². The van der Waals surface area contributed by atoms with E-state index in [0.717, 1.165) is 12.0 Å². The zero-order valence-corrected chi connectivity index (χ0v) is 11.4. The molecule has 0 aliphatic carbocycles. The molecule has 0 aliphatic heterocycles. The maximum absolute atomic E-state index is 10.8. The first-order valence-electron chi connectivity index (χ1n) is 6.38. The first kappa shape index (κ1) is 13.4. The minimum Gasteiger partial charge on any atom is -0.475 e. The molecule has 1 aromatic heterocycles. The first-order valence-corrected chi connectivity index (χ1v) is 6.38. The highest BCUT2D eigenvalue weighted by Gasteiger charge is 2.18. The van der Waals surface area contributed by atoms with Gasteiger partial charge in [0.05, 0.1) is 0 Å². The summed E-state index contributed by atoms with van der Waals surface area (Å²) < 4.78 is 5.28. The maximum Gasteiger partial charge on any atom is 0.371 e. The van der Waals surface area contributed by atoms with Gasteiger partial charge in [-0.25, -0.2) is 4.79 Å². The minimum absolute atomic E-state index is 0.0343. The van der Waals surface area contributed by atoms with Gasteiger partial charge in [-0.3, -0.25) is 0 Å². The van der Waals surface area contributed by atoms with Crippen LogP contribution in [0.25, 0.3) is 11.3 Å². The molecule has 0 saturated heterocycles. The standard InChI is InChI=1S/C16H18O3/c1-4-16(2,3)12-7-5-11(6-8-12)13-9-10-14(19-13)15(17)18/h5-10H,4H2,1-3H3,(H,17,18). The molecule has 100 valence electrons. The molecule has 0 radical (unpaired) electrons. The fraction of sp³-hybridized carbons (Fsp3) is 0.312. The predicted octanol–water partition coefficient (Wildman–Crippen LogP) is 4.33. The van der Waals surface area contributed by atoms with Crippen LogP contribution in [0.5, 0.6) is 0 Å². The molecule has 1 aromatic carbocycles. The zero-order chi connectivity index (χ0) is 14.0. The molecule has 1 heterocycles. The van der Waals surface area contributed by atoms with Crippen LogP contribution in [0, 0.1) is 0 Å². The molecule has 0 spiro atoms. The molecule has 0 fully saturated rings. The summed E-state index contributed by atoms with van der Waals surface area (Å²) in [5.74, 6) is -0.499. The van der Waals surface area contributed by atoms with E-state index < -0.39 is 5.97 Å². The van der Waals surface area contributed by atoms with Gasteiger partial charge in [0.25, 0.3) is 0 Å². The van der Waals surface area contributed by atoms with Crippen molar-refractivity contribution in [1.82, 2.24) is 0 Å². The predicted molar refractivity (Wildman–Crippen MR) is 74.4 cm³/mol. The van der Waals surface area contributed by atoms with E-state index in [-0.39, 0.29) is 11.2 Å². The molecule has 0 unspecified atom stereocenters. The van der Waals surface area contributed by atoms with Crippen LogP contribution in [-0.2, 0) is 5.41 Å². The highest BCUT2D eigenvalue weighted by atomic mass is 16.4. The molecule has 3 heteroatoms. The van der Waals surface area contributed by atoms with E-state index in [0.29, 0.717) is 5.76 Å². The molecule has 0 aliphatic rings. The Morgan fingerprint density at radius 2 is 1.79 bits per heavy atom. The normalized spacial score (nSPS) is 11.5. The molecule has 0 amide bonds. The van der Waals surface area contributed by atoms with E-state index in [4.69, 9.17) is 9.52 Å². The average molecular weight is 258 g/mol. The molecular weight excluding hydrogens is 240 g/mol. The van der Waals surface area contributed by atoms with E-state index in [1.54, 1.807) is 6.07 Å². The summed E-state index contributed by atoms with van der Waals surface area (Å²) in [7, 11) is 0. The number of furan rings is 1. The smallest absolute Gasteiger partial charge is 0.371 e. The van der Waals surface area contributed by atoms with Crippen molar-refractivity contribution < 1.29 is 14.3 Å². The van der Waals surface area contributed by atoms with Gasteiger partial charge in [0.1, 0.15) is 5.76 Å². The van der Waals surface area contributed by atoms with Crippen LogP contribution in [0.3, 0.4) is 0 Å². The Morgan fingerprint density at radius 1 is 1.16 bits per heavy atom. The maximum atomic E-state index is 10.8. The van der Waals surface area contributed by atoms with Crippen molar-refractivity contribution in [2.24, 2.45) is 0 Å². The molecule has 1 N–H and O–H groups in total. The molecule has 19 heavy (non-hydrogen) atoms. The third kappa shape index (κ3) is 2.70. The third-order valence-electron chi connectivity index (χ3n) is 3.65. The Hall–Kier alpha value is -2.03. The number of hydrogen-bond donors (Lipinski definition) is 1. The fourth-order valence-corrected chi connectivity index (χ4v) is 1.90. The lowest BCUT2D eigenvalue weighted by atomic mass is 9.82. The number of benzene rings is 1. The first-order chi connectivity index (χ1) is 8.94. The van der Waals surface area contributed by atoms with Crippen molar-refractivity contribution in [3.8, 4) is 11.3 Å². The molecule has 2 aromatic rings. The molecule has 0 atom stereocenters. The van der Waals surface area contributed by atoms with Crippen molar-refractivity contribution in [3.63, 3.8) is 0 Å². The number of carboxylic acids is 1. The van der Waals surface area contributed by atoms with Gasteiger partial charge in [-0.05, 0) is 29.5 Å². The van der Waals surface area contributed by atoms with E-state index >= 15 is 0 Å². The number of aromatic carboxylic acids is 1. The monoisotopic (exact) mass is 258 g/mol. The lowest BCUT2D eigenvalue weighted by molar-refractivity contribution is 0.0663. The van der Waals surface area contributed by atoms with Gasteiger partial charge in [0.15, 0.2) is 0 Å². The summed E-state index contributed by atoms with van der Waals surface area (Å²) in [5, 5.41) is 8.83. The van der Waals surface area contributed by atoms with Gasteiger partial charge in [-0.2, -0.15) is 0 Å². The molecule has 0 saturated carbocycles. The lowest BCUT2D eigenvalue weighted by Gasteiger charge is -2.23. The van der Waals surface area contributed by atoms with Crippen molar-refractivity contribution in [1.29, 1.82) is 0 Å². The Labute approximate surface area is 112 Å². The summed E-state index contributed by atoms with van der Waals surface area (Å²) in [6.07, 6.45) is 1.07. The van der Waals surface area contributed by atoms with E-state index in [1.165, 1.54) is 11.6 Å². The molecule has 3 nitrogen and oxygen atoms in total. The summed E-state index contributed by atoms with van der Waals surface area (Å²) in [6.45, 7) is 6.58. The SMILES string of the molecule is CCC(C)(C)c1ccc(-c2ccc(C(=O)O)o2)cc1. The largest absolute Gasteiger partial charge is 0.475 e. The van der Waals surface area contributed by atoms with Gasteiger partial charge < -0.3 is 9.52 Å². The van der Waals surface area contributed by atoms with Gasteiger partial charge in [0.2, 0.25) is 5.76 Å². The fourth-order valence-electron chi connectivity index (χ4n) is 1.90. The second-order valence-electron chi connectivity index (χ2n) is 5.28. The number of rotatable bonds is 4. The molecule has 0 bridgehead atoms. The van der Waals surface area contributed by atoms with Gasteiger partial charge in [-0.1, -0.05) is 45.0 Å². The Kier molecular flexibility index (Phi) is 3.47. The van der Waals surface area contributed by atoms with Crippen molar-refractivity contribution in [3.05, 3.63) is 47.7 Å². The van der Waals surface area contributed by atoms with Crippen LogP contribution >= 0.6 is 0 Å². The minimum atomic E-state index is -1.05. The van der Waals surface area contributed by atoms with Crippen LogP contribution in [0.1, 0.15) is 43.3 Å². The van der Waals surface area contributed by atoms with Crippen LogP contribution in [0.4, 0.5) is 0 Å². The van der Waals surface area contributed by atoms with Crippen LogP contribution in [0.15, 0.2) is 40.8 Å². The second-order valence-corrected chi connectivity index (χ2v) is 5.28. The van der Waals surface area contributed by atoms with E-state index in [9.17, 15) is 4.79 Å². The number of carboxylic acid groups (broad SMARTS) is 1. The van der Waals surface area contributed by atoms with Crippen LogP contribution in [-0.4, -0.2) is 11.1 Å². The molecule has 2 rings (SSSR count). The number of carbonyl (C=O) groups is 1. The van der Waals surface area contributed by atoms with Crippen LogP contribution in [0.2, 0.25) is 0 Å². The van der Waals surface area contributed by atoms with E-state index in [1.807, 2.05) is 12.1 Å². The zero-order valence-electron chi connectivity index (χ0n) is 11.4. The average Bonchev–Trinajstić information content (AvgIpc) is 2.88. The van der Waals surface area contributed by atoms with Gasteiger partial charge in [-0.15, -0.1) is 0 Å². The Balaban J connectivity index is 2.29. The van der Waals surface area contributed by atoms with Crippen molar-refractivity contribution >= 4 is 5.97 Å². The number of hydrogen-bond acceptors (Lipinski definition) is 2. The summed E-state index contributed by atoms with van der Waals surface area (Å²) in [6, 6.07) is 11.2. The third-order valence-corrected chi connectivity index (χ3v) is 3.65. The topological polar surface area (TPSA) is 50.4 Å². The summed E-state index contributed by atoms with van der Waals surface area (Å²) in [5.41, 5.74) is 2.31. The molecular formula is C16H18O3. The second kappa shape index (κ2) is 4.92. The summed E-state index contributed by atoms with van der Waals surface area (Å²) in [4.78, 5) is 10.8. The Bertz CT molecular complexity index is 576. The van der Waals surface area contributed by atoms with Gasteiger partial charge in [0, 0.05) is 5.56 Å². The summed E-state index contributed by atoms with van der Waals surface area (Å²) >= 11 is 0. The highest BCUT2D eigenvalue weighted by Crippen LogP contribution is 2.29. The van der Waals surface area contributed by atoms with E-state index in [2.05, 4.69) is 32.9 Å². The van der Waals surface area contributed by atoms with Crippen molar-refractivity contribution in [2.45, 2.75) is 32.6 Å². The quantitative estimate of drug-likeness (QED) is 0.887. The van der Waals surface area contributed by atoms with Crippen molar-refractivity contribution in [2.75, 3.05) is 0 Å².